The van der Waals surface area contributed by atoms with E-state index in [1.165, 1.54) is 13.4 Å². The van der Waals surface area contributed by atoms with Gasteiger partial charge in [0.05, 0.1) is 23.9 Å². The zero-order valence-electron chi connectivity index (χ0n) is 18.0. The van der Waals surface area contributed by atoms with Crippen LogP contribution < -0.4 is 5.32 Å². The first kappa shape index (κ1) is 23.1. The van der Waals surface area contributed by atoms with Crippen molar-refractivity contribution in [2.45, 2.75) is 19.8 Å². The van der Waals surface area contributed by atoms with E-state index in [0.717, 1.165) is 27.7 Å². The third-order valence-corrected chi connectivity index (χ3v) is 5.07. The molecule has 0 amide bonds. The molecule has 32 heavy (non-hydrogen) atoms. The normalized spacial score (nSPS) is 11.5. The molecule has 1 N–H and O–H groups in total. The molecule has 1 aromatic carbocycles. The average Bonchev–Trinajstić information content (AvgIpc) is 2.82. The van der Waals surface area contributed by atoms with Gasteiger partial charge in [0.1, 0.15) is 18.0 Å². The fourth-order valence-electron chi connectivity index (χ4n) is 3.39. The van der Waals surface area contributed by atoms with Gasteiger partial charge in [0.25, 0.3) is 0 Å². The number of aromatic nitrogens is 5. The average molecular weight is 449 g/mol. The van der Waals surface area contributed by atoms with Gasteiger partial charge < -0.3 is 10.1 Å². The van der Waals surface area contributed by atoms with Crippen LogP contribution in [0.25, 0.3) is 22.2 Å². The van der Waals surface area contributed by atoms with Crippen LogP contribution in [0.5, 0.6) is 0 Å². The minimum Gasteiger partial charge on any atom is -0.465 e. The SMILES string of the molecule is COC(=O)c1ccnc2c([C@H](C)CNc3cc(-c4cnc(C)nc4)ncn3)cccc12.S. The van der Waals surface area contributed by atoms with E-state index >= 15 is 0 Å². The van der Waals surface area contributed by atoms with Crippen molar-refractivity contribution in [2.75, 3.05) is 19.0 Å². The Morgan fingerprint density at radius 2 is 1.88 bits per heavy atom. The van der Waals surface area contributed by atoms with Crippen LogP contribution in [0.4, 0.5) is 5.82 Å². The van der Waals surface area contributed by atoms with Gasteiger partial charge in [-0.05, 0) is 18.6 Å². The third kappa shape index (κ3) is 4.83. The van der Waals surface area contributed by atoms with Crippen LogP contribution >= 0.6 is 13.5 Å². The summed E-state index contributed by atoms with van der Waals surface area (Å²) < 4.78 is 4.90. The number of nitrogens with zero attached hydrogens (tertiary/aromatic N) is 5. The molecule has 8 nitrogen and oxygen atoms in total. The molecule has 164 valence electrons. The monoisotopic (exact) mass is 448 g/mol. The van der Waals surface area contributed by atoms with Crippen molar-refractivity contribution in [3.8, 4) is 11.3 Å². The number of para-hydroxylation sites is 1. The van der Waals surface area contributed by atoms with Crippen molar-refractivity contribution < 1.29 is 9.53 Å². The highest BCUT2D eigenvalue weighted by molar-refractivity contribution is 7.59. The standard InChI is InChI=1S/C23H22N6O2.H2S/c1-14(17-5-4-6-18-19(23(30)31-3)7-8-24-22(17)18)10-27-21-9-20(28-13-29-21)16-11-25-15(2)26-12-16;/h4-9,11-14H,10H2,1-3H3,(H,27,28,29);1H2/t14-;/m1./s1. The molecule has 3 heterocycles. The van der Waals surface area contributed by atoms with Crippen molar-refractivity contribution in [3.63, 3.8) is 0 Å². The predicted octanol–water partition coefficient (Wildman–Crippen LogP) is 3.91. The Balaban J connectivity index is 0.00000289. The zero-order chi connectivity index (χ0) is 21.8. The number of ether oxygens (including phenoxy) is 1. The van der Waals surface area contributed by atoms with Crippen LogP contribution in [0, 0.1) is 6.92 Å². The maximum absolute atomic E-state index is 12.1. The number of pyridine rings is 1. The summed E-state index contributed by atoms with van der Waals surface area (Å²) in [6.45, 7) is 4.57. The van der Waals surface area contributed by atoms with E-state index in [2.05, 4.69) is 37.2 Å². The van der Waals surface area contributed by atoms with Crippen LogP contribution in [0.1, 0.15) is 34.6 Å². The van der Waals surface area contributed by atoms with Crippen molar-refractivity contribution in [1.29, 1.82) is 0 Å². The van der Waals surface area contributed by atoms with Crippen molar-refractivity contribution in [1.82, 2.24) is 24.9 Å². The third-order valence-electron chi connectivity index (χ3n) is 5.07. The molecule has 0 unspecified atom stereocenters. The lowest BCUT2D eigenvalue weighted by Gasteiger charge is -2.16. The molecule has 0 fully saturated rings. The molecule has 0 bridgehead atoms. The van der Waals surface area contributed by atoms with Gasteiger partial charge in [-0.25, -0.2) is 24.7 Å². The second kappa shape index (κ2) is 10.1. The fraction of sp³-hybridized carbons (Fsp3) is 0.217. The minimum atomic E-state index is -0.371. The molecular formula is C23H24N6O2S. The summed E-state index contributed by atoms with van der Waals surface area (Å²) in [6, 6.07) is 9.40. The lowest BCUT2D eigenvalue weighted by molar-refractivity contribution is 0.0603. The Labute approximate surface area is 193 Å². The first-order valence-electron chi connectivity index (χ1n) is 9.87. The number of carbonyl (C=O) groups excluding carboxylic acids is 1. The van der Waals surface area contributed by atoms with E-state index in [4.69, 9.17) is 4.74 Å². The molecule has 0 aliphatic rings. The molecule has 0 aliphatic heterocycles. The quantitative estimate of drug-likeness (QED) is 0.443. The molecule has 3 aromatic heterocycles. The number of aryl methyl sites for hydroxylation is 1. The Bertz CT molecular complexity index is 1230. The lowest BCUT2D eigenvalue weighted by Crippen LogP contribution is -2.12. The molecule has 0 aliphatic carbocycles. The largest absolute Gasteiger partial charge is 0.465 e. The van der Waals surface area contributed by atoms with Crippen LogP contribution in [0.2, 0.25) is 0 Å². The number of hydrogen-bond acceptors (Lipinski definition) is 8. The molecule has 1 atom stereocenters. The molecule has 4 aromatic rings. The highest BCUT2D eigenvalue weighted by Gasteiger charge is 2.16. The summed E-state index contributed by atoms with van der Waals surface area (Å²) in [5, 5.41) is 4.15. The Hall–Kier alpha value is -3.59. The predicted molar refractivity (Wildman–Crippen MR) is 128 cm³/mol. The van der Waals surface area contributed by atoms with Gasteiger partial charge in [-0.3, -0.25) is 4.98 Å². The summed E-state index contributed by atoms with van der Waals surface area (Å²) in [5.74, 6) is 1.17. The van der Waals surface area contributed by atoms with E-state index in [1.807, 2.05) is 31.2 Å². The number of benzene rings is 1. The Kier molecular flexibility index (Phi) is 7.32. The number of esters is 1. The van der Waals surface area contributed by atoms with Crippen LogP contribution in [-0.2, 0) is 4.74 Å². The molecule has 0 saturated heterocycles. The van der Waals surface area contributed by atoms with Gasteiger partial charge in [-0.15, -0.1) is 0 Å². The van der Waals surface area contributed by atoms with E-state index in [9.17, 15) is 4.79 Å². The Morgan fingerprint density at radius 3 is 2.62 bits per heavy atom. The molecule has 0 saturated carbocycles. The second-order valence-electron chi connectivity index (χ2n) is 7.18. The van der Waals surface area contributed by atoms with Gasteiger partial charge in [0, 0.05) is 48.1 Å². The van der Waals surface area contributed by atoms with Gasteiger partial charge in [-0.1, -0.05) is 25.1 Å². The summed E-state index contributed by atoms with van der Waals surface area (Å²) in [6.07, 6.45) is 6.65. The van der Waals surface area contributed by atoms with Gasteiger partial charge in [0.15, 0.2) is 0 Å². The van der Waals surface area contributed by atoms with E-state index < -0.39 is 0 Å². The number of fused-ring (bicyclic) bond motifs is 1. The summed E-state index contributed by atoms with van der Waals surface area (Å²) in [4.78, 5) is 33.7. The molecule has 4 rings (SSSR count). The maximum Gasteiger partial charge on any atom is 0.338 e. The van der Waals surface area contributed by atoms with Gasteiger partial charge in [-0.2, -0.15) is 13.5 Å². The Morgan fingerprint density at radius 1 is 1.09 bits per heavy atom. The van der Waals surface area contributed by atoms with Crippen LogP contribution in [0.15, 0.2) is 55.2 Å². The maximum atomic E-state index is 12.1. The number of hydrogen-bond donors (Lipinski definition) is 1. The number of nitrogens with one attached hydrogen (secondary N) is 1. The van der Waals surface area contributed by atoms with Crippen LogP contribution in [0.3, 0.4) is 0 Å². The molecule has 0 radical (unpaired) electrons. The fourth-order valence-corrected chi connectivity index (χ4v) is 3.39. The zero-order valence-corrected chi connectivity index (χ0v) is 19.0. The second-order valence-corrected chi connectivity index (χ2v) is 7.18. The summed E-state index contributed by atoms with van der Waals surface area (Å²) in [5.41, 5.74) is 3.92. The minimum absolute atomic E-state index is 0. The topological polar surface area (TPSA) is 103 Å². The number of anilines is 1. The van der Waals surface area contributed by atoms with Gasteiger partial charge in [0.2, 0.25) is 0 Å². The van der Waals surface area contributed by atoms with Crippen molar-refractivity contribution in [2.24, 2.45) is 0 Å². The lowest BCUT2D eigenvalue weighted by atomic mass is 9.96. The highest BCUT2D eigenvalue weighted by atomic mass is 32.1. The molecule has 0 spiro atoms. The molecular weight excluding hydrogens is 424 g/mol. The summed E-state index contributed by atoms with van der Waals surface area (Å²) in [7, 11) is 1.38. The molecule has 9 heteroatoms. The van der Waals surface area contributed by atoms with E-state index in [0.29, 0.717) is 23.8 Å². The van der Waals surface area contributed by atoms with Gasteiger partial charge >= 0.3 is 5.97 Å². The number of methoxy groups -OCH3 is 1. The van der Waals surface area contributed by atoms with Crippen molar-refractivity contribution >= 4 is 36.2 Å². The first-order valence-corrected chi connectivity index (χ1v) is 9.87. The first-order chi connectivity index (χ1) is 15.1. The van der Waals surface area contributed by atoms with Crippen LogP contribution in [-0.4, -0.2) is 44.5 Å². The summed E-state index contributed by atoms with van der Waals surface area (Å²) >= 11 is 0. The van der Waals surface area contributed by atoms with Crippen molar-refractivity contribution in [3.05, 3.63) is 72.2 Å². The number of rotatable bonds is 6. The number of carbonyl (C=O) groups is 1. The highest BCUT2D eigenvalue weighted by Crippen LogP contribution is 2.27. The van der Waals surface area contributed by atoms with E-state index in [-0.39, 0.29) is 25.4 Å². The smallest absolute Gasteiger partial charge is 0.338 e. The van der Waals surface area contributed by atoms with E-state index in [1.54, 1.807) is 24.7 Å².